The van der Waals surface area contributed by atoms with Crippen molar-refractivity contribution < 1.29 is 9.53 Å². The Bertz CT molecular complexity index is 644. The molecule has 5 heteroatoms. The van der Waals surface area contributed by atoms with Gasteiger partial charge >= 0.3 is 0 Å². The fraction of sp³-hybridized carbons (Fsp3) is 0.333. The Balaban J connectivity index is 1.97. The summed E-state index contributed by atoms with van der Waals surface area (Å²) in [5.41, 5.74) is 8.18. The molecule has 0 aliphatic carbocycles. The van der Waals surface area contributed by atoms with E-state index in [0.29, 0.717) is 30.2 Å². The number of likely N-dealkylation sites (N-methyl/N-ethyl adjacent to an activating group) is 1. The van der Waals surface area contributed by atoms with Crippen LogP contribution in [0.4, 0.5) is 5.69 Å². The Labute approximate surface area is 137 Å². The lowest BCUT2D eigenvalue weighted by molar-refractivity contribution is 0.0796. The number of anilines is 1. The number of nitrogens with two attached hydrogens (primary N) is 1. The molecule has 0 aliphatic rings. The molecule has 0 unspecified atom stereocenters. The quantitative estimate of drug-likeness (QED) is 0.798. The summed E-state index contributed by atoms with van der Waals surface area (Å²) in [5.74, 6) is 0.579. The molecule has 0 aliphatic heterocycles. The largest absolute Gasteiger partial charge is 0.491 e. The van der Waals surface area contributed by atoms with Crippen LogP contribution in [0.1, 0.15) is 29.3 Å². The van der Waals surface area contributed by atoms with Crippen LogP contribution >= 0.6 is 0 Å². The monoisotopic (exact) mass is 313 g/mol. The Kier molecular flexibility index (Phi) is 5.97. The van der Waals surface area contributed by atoms with Gasteiger partial charge in [-0.15, -0.1) is 0 Å². The number of hydrogen-bond acceptors (Lipinski definition) is 4. The lowest BCUT2D eigenvalue weighted by Crippen LogP contribution is -2.28. The highest BCUT2D eigenvalue weighted by Crippen LogP contribution is 2.23. The third-order valence-electron chi connectivity index (χ3n) is 3.55. The molecule has 1 amide bonds. The van der Waals surface area contributed by atoms with Crippen LogP contribution in [0, 0.1) is 0 Å². The second-order valence-corrected chi connectivity index (χ2v) is 5.43. The predicted octanol–water partition coefficient (Wildman–Crippen LogP) is 2.77. The van der Waals surface area contributed by atoms with Gasteiger partial charge in [-0.05, 0) is 48.7 Å². The van der Waals surface area contributed by atoms with Crippen molar-refractivity contribution >= 4 is 11.6 Å². The minimum absolute atomic E-state index is 0.0483. The number of carbonyl (C=O) groups is 1. The van der Waals surface area contributed by atoms with Gasteiger partial charge in [0.2, 0.25) is 0 Å². The SMILES string of the molecule is CCCOc1ccc(C(=O)N(C)CCc2ccncc2)cc1N. The van der Waals surface area contributed by atoms with Gasteiger partial charge in [-0.25, -0.2) is 0 Å². The molecule has 23 heavy (non-hydrogen) atoms. The molecule has 0 saturated carbocycles. The van der Waals surface area contributed by atoms with Crippen LogP contribution in [0.25, 0.3) is 0 Å². The fourth-order valence-corrected chi connectivity index (χ4v) is 2.19. The zero-order valence-electron chi connectivity index (χ0n) is 13.7. The third kappa shape index (κ3) is 4.71. The third-order valence-corrected chi connectivity index (χ3v) is 3.55. The highest BCUT2D eigenvalue weighted by atomic mass is 16.5. The molecule has 2 N–H and O–H groups in total. The van der Waals surface area contributed by atoms with Gasteiger partial charge in [0.25, 0.3) is 5.91 Å². The topological polar surface area (TPSA) is 68.5 Å². The fourth-order valence-electron chi connectivity index (χ4n) is 2.19. The normalized spacial score (nSPS) is 10.3. The van der Waals surface area contributed by atoms with E-state index < -0.39 is 0 Å². The van der Waals surface area contributed by atoms with Crippen LogP contribution in [-0.2, 0) is 6.42 Å². The lowest BCUT2D eigenvalue weighted by atomic mass is 10.1. The van der Waals surface area contributed by atoms with E-state index in [1.807, 2.05) is 19.1 Å². The number of carbonyl (C=O) groups excluding carboxylic acids is 1. The van der Waals surface area contributed by atoms with E-state index in [0.717, 1.165) is 18.4 Å². The van der Waals surface area contributed by atoms with Crippen LogP contribution in [0.3, 0.4) is 0 Å². The van der Waals surface area contributed by atoms with Gasteiger partial charge in [0, 0.05) is 31.5 Å². The Morgan fingerprint density at radius 1 is 1.26 bits per heavy atom. The highest BCUT2D eigenvalue weighted by molar-refractivity contribution is 5.95. The molecule has 0 atom stereocenters. The lowest BCUT2D eigenvalue weighted by Gasteiger charge is -2.18. The summed E-state index contributed by atoms with van der Waals surface area (Å²) in [5, 5.41) is 0. The molecule has 5 nitrogen and oxygen atoms in total. The van der Waals surface area contributed by atoms with E-state index in [4.69, 9.17) is 10.5 Å². The van der Waals surface area contributed by atoms with Crippen molar-refractivity contribution in [3.63, 3.8) is 0 Å². The van der Waals surface area contributed by atoms with E-state index in [1.54, 1.807) is 42.5 Å². The first-order valence-corrected chi connectivity index (χ1v) is 7.78. The molecular weight excluding hydrogens is 290 g/mol. The van der Waals surface area contributed by atoms with Crippen molar-refractivity contribution in [1.82, 2.24) is 9.88 Å². The zero-order chi connectivity index (χ0) is 16.7. The average molecular weight is 313 g/mol. The Morgan fingerprint density at radius 2 is 2.00 bits per heavy atom. The molecule has 0 radical (unpaired) electrons. The number of nitrogen functional groups attached to an aromatic ring is 1. The predicted molar refractivity (Wildman–Crippen MR) is 91.5 cm³/mol. The maximum Gasteiger partial charge on any atom is 0.253 e. The van der Waals surface area contributed by atoms with Crippen molar-refractivity contribution in [2.45, 2.75) is 19.8 Å². The summed E-state index contributed by atoms with van der Waals surface area (Å²) < 4.78 is 5.53. The maximum absolute atomic E-state index is 12.5. The summed E-state index contributed by atoms with van der Waals surface area (Å²) in [6, 6.07) is 9.10. The van der Waals surface area contributed by atoms with Gasteiger partial charge in [0.1, 0.15) is 5.75 Å². The van der Waals surface area contributed by atoms with Gasteiger partial charge in [-0.2, -0.15) is 0 Å². The molecule has 1 aromatic heterocycles. The first-order chi connectivity index (χ1) is 11.1. The highest BCUT2D eigenvalue weighted by Gasteiger charge is 2.13. The van der Waals surface area contributed by atoms with E-state index in [-0.39, 0.29) is 5.91 Å². The molecule has 0 bridgehead atoms. The molecule has 1 heterocycles. The van der Waals surface area contributed by atoms with E-state index >= 15 is 0 Å². The number of rotatable bonds is 7. The van der Waals surface area contributed by atoms with Crippen LogP contribution < -0.4 is 10.5 Å². The number of benzene rings is 1. The molecular formula is C18H23N3O2. The number of amides is 1. The van der Waals surface area contributed by atoms with Crippen molar-refractivity contribution in [2.24, 2.45) is 0 Å². The van der Waals surface area contributed by atoms with Crippen LogP contribution in [-0.4, -0.2) is 36.0 Å². The molecule has 2 aromatic rings. The Morgan fingerprint density at radius 3 is 2.65 bits per heavy atom. The first-order valence-electron chi connectivity index (χ1n) is 7.78. The van der Waals surface area contributed by atoms with Crippen molar-refractivity contribution in [2.75, 3.05) is 25.9 Å². The van der Waals surface area contributed by atoms with Crippen molar-refractivity contribution in [1.29, 1.82) is 0 Å². The van der Waals surface area contributed by atoms with Crippen LogP contribution in [0.2, 0.25) is 0 Å². The molecule has 2 rings (SSSR count). The second-order valence-electron chi connectivity index (χ2n) is 5.43. The number of nitrogens with zero attached hydrogens (tertiary/aromatic N) is 2. The van der Waals surface area contributed by atoms with E-state index in [9.17, 15) is 4.79 Å². The average Bonchev–Trinajstić information content (AvgIpc) is 2.58. The molecule has 122 valence electrons. The number of pyridine rings is 1. The standard InChI is InChI=1S/C18H23N3O2/c1-3-12-23-17-5-4-15(13-16(17)19)18(22)21(2)11-8-14-6-9-20-10-7-14/h4-7,9-10,13H,3,8,11-12,19H2,1-2H3. The first kappa shape index (κ1) is 16.8. The van der Waals surface area contributed by atoms with Crippen molar-refractivity contribution in [3.05, 3.63) is 53.9 Å². The Hall–Kier alpha value is -2.56. The van der Waals surface area contributed by atoms with Gasteiger partial charge in [0.15, 0.2) is 0 Å². The number of aromatic nitrogens is 1. The smallest absolute Gasteiger partial charge is 0.253 e. The van der Waals surface area contributed by atoms with Gasteiger partial charge in [-0.3, -0.25) is 9.78 Å². The summed E-state index contributed by atoms with van der Waals surface area (Å²) in [4.78, 5) is 18.1. The van der Waals surface area contributed by atoms with Crippen LogP contribution in [0.5, 0.6) is 5.75 Å². The van der Waals surface area contributed by atoms with Gasteiger partial charge < -0.3 is 15.4 Å². The van der Waals surface area contributed by atoms with Crippen LogP contribution in [0.15, 0.2) is 42.7 Å². The van der Waals surface area contributed by atoms with Gasteiger partial charge in [-0.1, -0.05) is 6.92 Å². The molecule has 1 aromatic carbocycles. The summed E-state index contributed by atoms with van der Waals surface area (Å²) in [6.45, 7) is 3.28. The zero-order valence-corrected chi connectivity index (χ0v) is 13.7. The number of hydrogen-bond donors (Lipinski definition) is 1. The maximum atomic E-state index is 12.5. The minimum Gasteiger partial charge on any atom is -0.491 e. The van der Waals surface area contributed by atoms with E-state index in [2.05, 4.69) is 4.98 Å². The summed E-state index contributed by atoms with van der Waals surface area (Å²) >= 11 is 0. The molecule has 0 spiro atoms. The molecule has 0 fully saturated rings. The summed E-state index contributed by atoms with van der Waals surface area (Å²) in [6.07, 6.45) is 5.22. The second kappa shape index (κ2) is 8.17. The van der Waals surface area contributed by atoms with Crippen molar-refractivity contribution in [3.8, 4) is 5.75 Å². The number of ether oxygens (including phenoxy) is 1. The van der Waals surface area contributed by atoms with E-state index in [1.165, 1.54) is 0 Å². The van der Waals surface area contributed by atoms with Gasteiger partial charge in [0.05, 0.1) is 12.3 Å². The summed E-state index contributed by atoms with van der Waals surface area (Å²) in [7, 11) is 1.79. The minimum atomic E-state index is -0.0483. The molecule has 0 saturated heterocycles.